The van der Waals surface area contributed by atoms with Crippen molar-refractivity contribution in [3.05, 3.63) is 59.1 Å². The number of H-pyrrole nitrogens is 1. The molecule has 7 heteroatoms. The predicted octanol–water partition coefficient (Wildman–Crippen LogP) is 3.46. The molecule has 0 unspecified atom stereocenters. The maximum Gasteiger partial charge on any atom is 0.250 e. The number of nitrogens with zero attached hydrogens (tertiary/aromatic N) is 2. The van der Waals surface area contributed by atoms with Gasteiger partial charge in [0.05, 0.1) is 23.0 Å². The van der Waals surface area contributed by atoms with Crippen molar-refractivity contribution in [1.82, 2.24) is 15.4 Å². The lowest BCUT2D eigenvalue weighted by Crippen LogP contribution is -2.19. The number of para-hydroxylation sites is 2. The van der Waals surface area contributed by atoms with Crippen LogP contribution in [0.15, 0.2) is 58.8 Å². The van der Waals surface area contributed by atoms with Gasteiger partial charge in [0.25, 0.3) is 5.91 Å². The zero-order valence-corrected chi connectivity index (χ0v) is 13.6. The van der Waals surface area contributed by atoms with Crippen molar-refractivity contribution in [1.29, 1.82) is 0 Å². The Labute approximate surface area is 142 Å². The number of amides is 1. The van der Waals surface area contributed by atoms with Crippen LogP contribution in [0.5, 0.6) is 0 Å². The van der Waals surface area contributed by atoms with E-state index in [2.05, 4.69) is 20.5 Å². The number of fused-ring (bicyclic) bond motifs is 1. The molecule has 0 spiro atoms. The highest BCUT2D eigenvalue weighted by atomic mass is 35.5. The highest BCUT2D eigenvalue weighted by molar-refractivity contribution is 7.99. The van der Waals surface area contributed by atoms with E-state index in [1.807, 2.05) is 36.4 Å². The summed E-state index contributed by atoms with van der Waals surface area (Å²) >= 11 is 7.20. The van der Waals surface area contributed by atoms with Gasteiger partial charge < -0.3 is 4.98 Å². The average Bonchev–Trinajstić information content (AvgIpc) is 2.96. The molecule has 0 saturated carbocycles. The van der Waals surface area contributed by atoms with E-state index in [1.54, 1.807) is 18.3 Å². The Hall–Kier alpha value is -2.31. The number of carbonyl (C=O) groups excluding carboxylic acids is 1. The topological polar surface area (TPSA) is 70.1 Å². The van der Waals surface area contributed by atoms with Gasteiger partial charge in [-0.3, -0.25) is 4.79 Å². The molecule has 0 fully saturated rings. The Kier molecular flexibility index (Phi) is 4.95. The van der Waals surface area contributed by atoms with Crippen LogP contribution in [0.4, 0.5) is 0 Å². The number of imidazole rings is 1. The third-order valence-corrected chi connectivity index (χ3v) is 4.07. The highest BCUT2D eigenvalue weighted by Gasteiger charge is 2.06. The monoisotopic (exact) mass is 344 g/mol. The highest BCUT2D eigenvalue weighted by Crippen LogP contribution is 2.18. The van der Waals surface area contributed by atoms with Gasteiger partial charge in [-0.05, 0) is 29.8 Å². The molecule has 1 aromatic heterocycles. The number of thioether (sulfide) groups is 1. The molecule has 0 saturated heterocycles. The summed E-state index contributed by atoms with van der Waals surface area (Å²) in [4.78, 5) is 19.3. The number of carbonyl (C=O) groups is 1. The Morgan fingerprint density at radius 2 is 2.17 bits per heavy atom. The van der Waals surface area contributed by atoms with Gasteiger partial charge in [-0.1, -0.05) is 47.6 Å². The first-order valence-electron chi connectivity index (χ1n) is 6.86. The molecule has 0 aliphatic rings. The lowest BCUT2D eigenvalue weighted by molar-refractivity contribution is -0.118. The summed E-state index contributed by atoms with van der Waals surface area (Å²) < 4.78 is 0. The Morgan fingerprint density at radius 3 is 3.00 bits per heavy atom. The summed E-state index contributed by atoms with van der Waals surface area (Å²) in [6, 6.07) is 14.9. The quantitative estimate of drug-likeness (QED) is 0.423. The maximum absolute atomic E-state index is 11.8. The molecule has 5 nitrogen and oxygen atoms in total. The molecule has 0 aliphatic heterocycles. The van der Waals surface area contributed by atoms with Crippen molar-refractivity contribution in [3.63, 3.8) is 0 Å². The van der Waals surface area contributed by atoms with Crippen LogP contribution < -0.4 is 5.43 Å². The van der Waals surface area contributed by atoms with Crippen LogP contribution in [0, 0.1) is 0 Å². The van der Waals surface area contributed by atoms with Crippen molar-refractivity contribution in [2.45, 2.75) is 5.16 Å². The van der Waals surface area contributed by atoms with E-state index in [0.29, 0.717) is 10.2 Å². The second-order valence-corrected chi connectivity index (χ2v) is 6.10. The maximum atomic E-state index is 11.8. The number of hydrogen-bond donors (Lipinski definition) is 2. The van der Waals surface area contributed by atoms with Crippen LogP contribution >= 0.6 is 23.4 Å². The minimum atomic E-state index is -0.200. The summed E-state index contributed by atoms with van der Waals surface area (Å²) in [5.74, 6) is 0.0286. The third-order valence-electron chi connectivity index (χ3n) is 2.96. The molecular formula is C16H13ClN4OS. The second-order valence-electron chi connectivity index (χ2n) is 4.70. The molecule has 2 N–H and O–H groups in total. The SMILES string of the molecule is O=C(CSc1nc2ccccc2[nH]1)N/N=C\c1cccc(Cl)c1. The first-order valence-corrected chi connectivity index (χ1v) is 8.22. The standard InChI is InChI=1S/C16H13ClN4OS/c17-12-5-3-4-11(8-12)9-18-21-15(22)10-23-16-19-13-6-1-2-7-14(13)20-16/h1-9H,10H2,(H,19,20)(H,21,22)/b18-9-. The molecule has 1 heterocycles. The summed E-state index contributed by atoms with van der Waals surface area (Å²) in [6.07, 6.45) is 1.55. The smallest absolute Gasteiger partial charge is 0.250 e. The number of aromatic nitrogens is 2. The van der Waals surface area contributed by atoms with Crippen LogP contribution in [-0.2, 0) is 4.79 Å². The number of nitrogens with one attached hydrogen (secondary N) is 2. The lowest BCUT2D eigenvalue weighted by atomic mass is 10.2. The predicted molar refractivity (Wildman–Crippen MR) is 94.0 cm³/mol. The van der Waals surface area contributed by atoms with Gasteiger partial charge in [0, 0.05) is 5.02 Å². The summed E-state index contributed by atoms with van der Waals surface area (Å²) in [7, 11) is 0. The van der Waals surface area contributed by atoms with Crippen LogP contribution in [0.25, 0.3) is 11.0 Å². The van der Waals surface area contributed by atoms with E-state index in [0.717, 1.165) is 16.6 Å². The van der Waals surface area contributed by atoms with Crippen molar-refractivity contribution in [2.24, 2.45) is 5.10 Å². The van der Waals surface area contributed by atoms with E-state index < -0.39 is 0 Å². The molecule has 3 rings (SSSR count). The van der Waals surface area contributed by atoms with Crippen molar-refractivity contribution < 1.29 is 4.79 Å². The minimum Gasteiger partial charge on any atom is -0.333 e. The van der Waals surface area contributed by atoms with E-state index in [9.17, 15) is 4.79 Å². The van der Waals surface area contributed by atoms with Crippen LogP contribution in [0.3, 0.4) is 0 Å². The summed E-state index contributed by atoms with van der Waals surface area (Å²) in [5, 5.41) is 5.24. The zero-order chi connectivity index (χ0) is 16.1. The fourth-order valence-electron chi connectivity index (χ4n) is 1.93. The van der Waals surface area contributed by atoms with Crippen LogP contribution in [0.2, 0.25) is 5.02 Å². The second kappa shape index (κ2) is 7.30. The fourth-order valence-corrected chi connectivity index (χ4v) is 2.81. The van der Waals surface area contributed by atoms with Gasteiger partial charge >= 0.3 is 0 Å². The average molecular weight is 345 g/mol. The van der Waals surface area contributed by atoms with E-state index in [-0.39, 0.29) is 11.7 Å². The largest absolute Gasteiger partial charge is 0.333 e. The van der Waals surface area contributed by atoms with E-state index in [1.165, 1.54) is 11.8 Å². The Balaban J connectivity index is 1.51. The van der Waals surface area contributed by atoms with Gasteiger partial charge in [-0.25, -0.2) is 10.4 Å². The molecule has 116 valence electrons. The van der Waals surface area contributed by atoms with Gasteiger partial charge in [0.2, 0.25) is 0 Å². The first kappa shape index (κ1) is 15.6. The van der Waals surface area contributed by atoms with Gasteiger partial charge in [0.15, 0.2) is 5.16 Å². The number of hydrogen-bond acceptors (Lipinski definition) is 4. The molecule has 0 aliphatic carbocycles. The summed E-state index contributed by atoms with van der Waals surface area (Å²) in [6.45, 7) is 0. The number of rotatable bonds is 5. The molecular weight excluding hydrogens is 332 g/mol. The summed E-state index contributed by atoms with van der Waals surface area (Å²) in [5.41, 5.74) is 5.14. The number of aromatic amines is 1. The minimum absolute atomic E-state index is 0.200. The van der Waals surface area contributed by atoms with E-state index in [4.69, 9.17) is 11.6 Å². The lowest BCUT2D eigenvalue weighted by Gasteiger charge is -1.98. The number of hydrazone groups is 1. The molecule has 23 heavy (non-hydrogen) atoms. The molecule has 3 aromatic rings. The Bertz CT molecular complexity index is 829. The molecule has 0 bridgehead atoms. The Morgan fingerprint density at radius 1 is 1.30 bits per heavy atom. The van der Waals surface area contributed by atoms with E-state index >= 15 is 0 Å². The number of halogens is 1. The van der Waals surface area contributed by atoms with Crippen molar-refractivity contribution >= 4 is 46.5 Å². The molecule has 1 amide bonds. The first-order chi connectivity index (χ1) is 11.2. The van der Waals surface area contributed by atoms with Gasteiger partial charge in [-0.2, -0.15) is 5.10 Å². The van der Waals surface area contributed by atoms with Gasteiger partial charge in [-0.15, -0.1) is 0 Å². The fraction of sp³-hybridized carbons (Fsp3) is 0.0625. The zero-order valence-electron chi connectivity index (χ0n) is 12.0. The molecule has 2 aromatic carbocycles. The number of benzene rings is 2. The third kappa shape index (κ3) is 4.34. The van der Waals surface area contributed by atoms with Crippen LogP contribution in [0.1, 0.15) is 5.56 Å². The molecule has 0 radical (unpaired) electrons. The van der Waals surface area contributed by atoms with Crippen molar-refractivity contribution in [2.75, 3.05) is 5.75 Å². The molecule has 0 atom stereocenters. The normalized spacial score (nSPS) is 11.2. The van der Waals surface area contributed by atoms with Gasteiger partial charge in [0.1, 0.15) is 0 Å². The van der Waals surface area contributed by atoms with Crippen molar-refractivity contribution in [3.8, 4) is 0 Å². The van der Waals surface area contributed by atoms with Crippen LogP contribution in [-0.4, -0.2) is 27.8 Å².